The molecule has 0 unspecified atom stereocenters. The molecular weight excluding hydrogens is 376 g/mol. The Morgan fingerprint density at radius 2 is 1.63 bits per heavy atom. The van der Waals surface area contributed by atoms with Crippen molar-refractivity contribution in [1.29, 1.82) is 0 Å². The van der Waals surface area contributed by atoms with Crippen LogP contribution in [0.25, 0.3) is 5.69 Å². The summed E-state index contributed by atoms with van der Waals surface area (Å²) in [4.78, 5) is 25.7. The molecule has 4 saturated carbocycles. The number of rotatable bonds is 6. The molecule has 0 radical (unpaired) electrons. The maximum Gasteiger partial charge on any atom is 0.310 e. The molecule has 4 bridgehead atoms. The number of carbonyl (C=O) groups excluding carboxylic acids is 2. The van der Waals surface area contributed by atoms with Gasteiger partial charge in [0.05, 0.1) is 17.8 Å². The molecule has 4 fully saturated rings. The highest BCUT2D eigenvalue weighted by Crippen LogP contribution is 2.60. The minimum atomic E-state index is -0.341. The van der Waals surface area contributed by atoms with Crippen molar-refractivity contribution in [2.45, 2.75) is 58.8 Å². The van der Waals surface area contributed by atoms with Gasteiger partial charge in [-0.1, -0.05) is 18.2 Å². The SMILES string of the molecule is Cc1nn(-c2ccccc2)c(C)c1CC(=O)OCC(=O)C12CC3CC(CC(C3)C1)C2. The lowest BCUT2D eigenvalue weighted by atomic mass is 9.48. The van der Waals surface area contributed by atoms with E-state index in [9.17, 15) is 9.59 Å². The van der Waals surface area contributed by atoms with Gasteiger partial charge < -0.3 is 4.74 Å². The number of esters is 1. The molecule has 1 aromatic carbocycles. The molecule has 0 saturated heterocycles. The van der Waals surface area contributed by atoms with Crippen LogP contribution in [0.2, 0.25) is 0 Å². The predicted octanol–water partition coefficient (Wildman–Crippen LogP) is 4.36. The van der Waals surface area contributed by atoms with Gasteiger partial charge in [0.2, 0.25) is 0 Å². The molecule has 158 valence electrons. The van der Waals surface area contributed by atoms with Gasteiger partial charge in [0.25, 0.3) is 0 Å². The summed E-state index contributed by atoms with van der Waals surface area (Å²) in [5.41, 5.74) is 3.39. The van der Waals surface area contributed by atoms with Crippen molar-refractivity contribution in [3.8, 4) is 5.69 Å². The molecule has 0 amide bonds. The number of hydrogen-bond donors (Lipinski definition) is 0. The predicted molar refractivity (Wildman–Crippen MR) is 113 cm³/mol. The summed E-state index contributed by atoms with van der Waals surface area (Å²) in [5, 5.41) is 4.60. The van der Waals surface area contributed by atoms with Crippen LogP contribution in [0.4, 0.5) is 0 Å². The molecule has 4 aliphatic carbocycles. The maximum atomic E-state index is 13.1. The lowest BCUT2D eigenvalue weighted by Gasteiger charge is -2.55. The number of carbonyl (C=O) groups is 2. The molecule has 5 heteroatoms. The van der Waals surface area contributed by atoms with Gasteiger partial charge >= 0.3 is 5.97 Å². The van der Waals surface area contributed by atoms with Gasteiger partial charge in [-0.15, -0.1) is 0 Å². The summed E-state index contributed by atoms with van der Waals surface area (Å²) >= 11 is 0. The van der Waals surface area contributed by atoms with Crippen LogP contribution in [0.5, 0.6) is 0 Å². The van der Waals surface area contributed by atoms with Gasteiger partial charge in [-0.05, 0) is 82.3 Å². The smallest absolute Gasteiger partial charge is 0.310 e. The number of aryl methyl sites for hydroxylation is 1. The van der Waals surface area contributed by atoms with E-state index < -0.39 is 0 Å². The van der Waals surface area contributed by atoms with Crippen LogP contribution in [-0.4, -0.2) is 28.1 Å². The highest BCUT2D eigenvalue weighted by atomic mass is 16.5. The van der Waals surface area contributed by atoms with Crippen LogP contribution in [-0.2, 0) is 20.7 Å². The van der Waals surface area contributed by atoms with E-state index in [-0.39, 0.29) is 30.2 Å². The minimum absolute atomic E-state index is 0.0735. The molecule has 0 atom stereocenters. The van der Waals surface area contributed by atoms with Gasteiger partial charge in [-0.25, -0.2) is 4.68 Å². The Balaban J connectivity index is 1.23. The topological polar surface area (TPSA) is 61.2 Å². The summed E-state index contributed by atoms with van der Waals surface area (Å²) in [6, 6.07) is 9.89. The quantitative estimate of drug-likeness (QED) is 0.669. The van der Waals surface area contributed by atoms with Crippen molar-refractivity contribution in [3.63, 3.8) is 0 Å². The fourth-order valence-corrected chi connectivity index (χ4v) is 6.70. The van der Waals surface area contributed by atoms with E-state index >= 15 is 0 Å². The lowest BCUT2D eigenvalue weighted by molar-refractivity contribution is -0.157. The van der Waals surface area contributed by atoms with Gasteiger partial charge in [0.1, 0.15) is 0 Å². The molecule has 1 heterocycles. The van der Waals surface area contributed by atoms with Crippen molar-refractivity contribution in [1.82, 2.24) is 9.78 Å². The Hall–Kier alpha value is -2.43. The Labute approximate surface area is 177 Å². The first-order valence-corrected chi connectivity index (χ1v) is 11.2. The van der Waals surface area contributed by atoms with E-state index in [0.29, 0.717) is 17.8 Å². The van der Waals surface area contributed by atoms with Crippen molar-refractivity contribution in [2.24, 2.45) is 23.2 Å². The fourth-order valence-electron chi connectivity index (χ4n) is 6.70. The van der Waals surface area contributed by atoms with E-state index in [4.69, 9.17) is 4.74 Å². The average Bonchev–Trinajstić information content (AvgIpc) is 3.00. The lowest BCUT2D eigenvalue weighted by Crippen LogP contribution is -2.51. The average molecular weight is 407 g/mol. The molecule has 0 spiro atoms. The third kappa shape index (κ3) is 3.38. The van der Waals surface area contributed by atoms with E-state index in [1.54, 1.807) is 0 Å². The fraction of sp³-hybridized carbons (Fsp3) is 0.560. The third-order valence-corrected chi connectivity index (χ3v) is 7.76. The second-order valence-corrected chi connectivity index (χ2v) is 9.86. The summed E-state index contributed by atoms with van der Waals surface area (Å²) in [6.45, 7) is 3.81. The van der Waals surface area contributed by atoms with Gasteiger partial charge in [0.15, 0.2) is 12.4 Å². The van der Waals surface area contributed by atoms with Crippen molar-refractivity contribution in [2.75, 3.05) is 6.61 Å². The van der Waals surface area contributed by atoms with Crippen LogP contribution in [0, 0.1) is 37.0 Å². The normalized spacial score (nSPS) is 29.2. The summed E-state index contributed by atoms with van der Waals surface area (Å²) in [5.74, 6) is 1.95. The van der Waals surface area contributed by atoms with Crippen LogP contribution < -0.4 is 0 Å². The first-order chi connectivity index (χ1) is 14.4. The maximum absolute atomic E-state index is 13.1. The first-order valence-electron chi connectivity index (χ1n) is 11.2. The van der Waals surface area contributed by atoms with E-state index in [0.717, 1.165) is 41.9 Å². The summed E-state index contributed by atoms with van der Waals surface area (Å²) in [6.07, 6.45) is 7.09. The largest absolute Gasteiger partial charge is 0.457 e. The van der Waals surface area contributed by atoms with E-state index in [1.807, 2.05) is 48.9 Å². The molecule has 1 aromatic heterocycles. The molecule has 2 aromatic rings. The molecule has 6 rings (SSSR count). The molecule has 4 aliphatic rings. The van der Waals surface area contributed by atoms with E-state index in [1.165, 1.54) is 19.3 Å². The van der Waals surface area contributed by atoms with Gasteiger partial charge in [-0.2, -0.15) is 5.10 Å². The monoisotopic (exact) mass is 406 g/mol. The third-order valence-electron chi connectivity index (χ3n) is 7.76. The van der Waals surface area contributed by atoms with Crippen LogP contribution in [0.1, 0.15) is 55.5 Å². The number of aromatic nitrogens is 2. The number of para-hydroxylation sites is 1. The number of ketones is 1. The summed E-state index contributed by atoms with van der Waals surface area (Å²) in [7, 11) is 0. The Morgan fingerprint density at radius 1 is 1.03 bits per heavy atom. The zero-order valence-electron chi connectivity index (χ0n) is 17.9. The molecule has 0 aliphatic heterocycles. The zero-order valence-corrected chi connectivity index (χ0v) is 17.9. The number of ether oxygens (including phenoxy) is 1. The number of hydrogen-bond acceptors (Lipinski definition) is 4. The molecule has 5 nitrogen and oxygen atoms in total. The van der Waals surface area contributed by atoms with Crippen molar-refractivity contribution < 1.29 is 14.3 Å². The number of benzene rings is 1. The Kier molecular flexibility index (Phi) is 4.79. The number of Topliss-reactive ketones (excluding diaryl/α,β-unsaturated/α-hetero) is 1. The van der Waals surface area contributed by atoms with Crippen LogP contribution in [0.3, 0.4) is 0 Å². The zero-order chi connectivity index (χ0) is 20.9. The Bertz CT molecular complexity index is 940. The van der Waals surface area contributed by atoms with Crippen molar-refractivity contribution in [3.05, 3.63) is 47.3 Å². The highest BCUT2D eigenvalue weighted by molar-refractivity contribution is 5.88. The van der Waals surface area contributed by atoms with Crippen LogP contribution >= 0.6 is 0 Å². The van der Waals surface area contributed by atoms with Gasteiger partial charge in [-0.3, -0.25) is 9.59 Å². The number of nitrogens with zero attached hydrogens (tertiary/aromatic N) is 2. The van der Waals surface area contributed by atoms with E-state index in [2.05, 4.69) is 5.10 Å². The van der Waals surface area contributed by atoms with Crippen molar-refractivity contribution >= 4 is 11.8 Å². The minimum Gasteiger partial charge on any atom is -0.457 e. The highest BCUT2D eigenvalue weighted by Gasteiger charge is 2.54. The molecule has 30 heavy (non-hydrogen) atoms. The first kappa shape index (κ1) is 19.5. The standard InChI is InChI=1S/C25H30N2O3/c1-16-22(17(2)27(26-16)21-6-4-3-5-7-21)11-24(29)30-15-23(28)25-12-18-8-19(13-25)10-20(9-18)14-25/h3-7,18-20H,8-15H2,1-2H3. The van der Waals surface area contributed by atoms with Gasteiger partial charge in [0, 0.05) is 16.7 Å². The molecule has 0 N–H and O–H groups in total. The molecular formula is C25H30N2O3. The second kappa shape index (κ2) is 7.36. The van der Waals surface area contributed by atoms with Crippen LogP contribution in [0.15, 0.2) is 30.3 Å². The Morgan fingerprint density at radius 3 is 2.23 bits per heavy atom. The summed E-state index contributed by atoms with van der Waals surface area (Å²) < 4.78 is 7.36. The second-order valence-electron chi connectivity index (χ2n) is 9.86.